The first kappa shape index (κ1) is 21.6. The van der Waals surface area contributed by atoms with Crippen LogP contribution in [0.4, 0.5) is 10.8 Å². The van der Waals surface area contributed by atoms with Gasteiger partial charge in [0.1, 0.15) is 5.75 Å². The SMILES string of the molecule is COc1cccc(N2CC(C(=O)N3CCc4nc(NC(=O)c5cccs5)sc4C3)CC2=O)c1. The van der Waals surface area contributed by atoms with Crippen LogP contribution in [0.25, 0.3) is 0 Å². The number of aromatic nitrogens is 1. The van der Waals surface area contributed by atoms with Crippen LogP contribution in [0.2, 0.25) is 0 Å². The summed E-state index contributed by atoms with van der Waals surface area (Å²) in [5, 5.41) is 5.26. The van der Waals surface area contributed by atoms with Crippen molar-refractivity contribution in [3.05, 3.63) is 57.2 Å². The number of benzene rings is 1. The van der Waals surface area contributed by atoms with Gasteiger partial charge in [-0.1, -0.05) is 23.5 Å². The van der Waals surface area contributed by atoms with E-state index in [4.69, 9.17) is 4.74 Å². The minimum absolute atomic E-state index is 0.0167. The summed E-state index contributed by atoms with van der Waals surface area (Å²) < 4.78 is 5.26. The Hall–Kier alpha value is -3.24. The normalized spacial score (nSPS) is 17.7. The lowest BCUT2D eigenvalue weighted by atomic mass is 10.1. The van der Waals surface area contributed by atoms with E-state index in [1.807, 2.05) is 29.6 Å². The number of anilines is 2. The Labute approximate surface area is 198 Å². The molecule has 0 aliphatic carbocycles. The predicted octanol–water partition coefficient (Wildman–Crippen LogP) is 3.40. The number of rotatable bonds is 5. The van der Waals surface area contributed by atoms with Crippen LogP contribution in [0.5, 0.6) is 5.75 Å². The zero-order chi connectivity index (χ0) is 22.9. The van der Waals surface area contributed by atoms with E-state index >= 15 is 0 Å². The minimum Gasteiger partial charge on any atom is -0.497 e. The molecule has 10 heteroatoms. The molecule has 5 rings (SSSR count). The monoisotopic (exact) mass is 482 g/mol. The smallest absolute Gasteiger partial charge is 0.267 e. The molecule has 170 valence electrons. The molecule has 0 spiro atoms. The van der Waals surface area contributed by atoms with E-state index in [9.17, 15) is 14.4 Å². The van der Waals surface area contributed by atoms with Crippen LogP contribution in [0.1, 0.15) is 26.7 Å². The van der Waals surface area contributed by atoms with Crippen molar-refractivity contribution in [2.75, 3.05) is 30.4 Å². The maximum absolute atomic E-state index is 13.2. The van der Waals surface area contributed by atoms with Crippen LogP contribution in [0.3, 0.4) is 0 Å². The molecule has 2 aliphatic rings. The Morgan fingerprint density at radius 1 is 1.24 bits per heavy atom. The number of fused-ring (bicyclic) bond motifs is 1. The number of amides is 3. The van der Waals surface area contributed by atoms with E-state index in [2.05, 4.69) is 10.3 Å². The van der Waals surface area contributed by atoms with Crippen LogP contribution in [0.15, 0.2) is 41.8 Å². The highest BCUT2D eigenvalue weighted by atomic mass is 32.1. The molecular formula is C23H22N4O4S2. The van der Waals surface area contributed by atoms with Crippen LogP contribution in [0, 0.1) is 5.92 Å². The molecule has 1 N–H and O–H groups in total. The number of nitrogens with zero attached hydrogens (tertiary/aromatic N) is 3. The average molecular weight is 483 g/mol. The van der Waals surface area contributed by atoms with Gasteiger partial charge in [0.05, 0.1) is 30.1 Å². The number of hydrogen-bond donors (Lipinski definition) is 1. The van der Waals surface area contributed by atoms with Gasteiger partial charge in [-0.05, 0) is 23.6 Å². The van der Waals surface area contributed by atoms with E-state index in [1.54, 1.807) is 29.0 Å². The second-order valence-electron chi connectivity index (χ2n) is 7.94. The number of thiazole rings is 1. The molecular weight excluding hydrogens is 460 g/mol. The van der Waals surface area contributed by atoms with Gasteiger partial charge in [0.15, 0.2) is 5.13 Å². The standard InChI is InChI=1S/C23H22N4O4S2/c1-31-16-5-2-4-15(11-16)27-12-14(10-20(27)28)22(30)26-8-7-17-19(13-26)33-23(24-17)25-21(29)18-6-3-9-32-18/h2-6,9,11,14H,7-8,10,12-13H2,1H3,(H,24,25,29). The van der Waals surface area contributed by atoms with Crippen molar-refractivity contribution >= 4 is 51.2 Å². The number of methoxy groups -OCH3 is 1. The van der Waals surface area contributed by atoms with Gasteiger partial charge in [-0.2, -0.15) is 0 Å². The first-order valence-corrected chi connectivity index (χ1v) is 12.3. The zero-order valence-corrected chi connectivity index (χ0v) is 19.6. The average Bonchev–Trinajstić information content (AvgIpc) is 3.57. The van der Waals surface area contributed by atoms with Gasteiger partial charge in [-0.15, -0.1) is 11.3 Å². The molecule has 1 unspecified atom stereocenters. The van der Waals surface area contributed by atoms with Crippen LogP contribution in [-0.2, 0) is 22.6 Å². The fourth-order valence-electron chi connectivity index (χ4n) is 4.16. The summed E-state index contributed by atoms with van der Waals surface area (Å²) in [5.74, 6) is 0.0424. The van der Waals surface area contributed by atoms with Gasteiger partial charge in [0.2, 0.25) is 11.8 Å². The number of carbonyl (C=O) groups is 3. The van der Waals surface area contributed by atoms with Crippen LogP contribution in [-0.4, -0.2) is 47.8 Å². The van der Waals surface area contributed by atoms with E-state index in [0.29, 0.717) is 41.8 Å². The molecule has 0 bridgehead atoms. The number of ether oxygens (including phenoxy) is 1. The van der Waals surface area contributed by atoms with Crippen molar-refractivity contribution in [2.45, 2.75) is 19.4 Å². The Bertz CT molecular complexity index is 1210. The second-order valence-corrected chi connectivity index (χ2v) is 9.97. The molecule has 1 atom stereocenters. The summed E-state index contributed by atoms with van der Waals surface area (Å²) in [5.41, 5.74) is 1.66. The lowest BCUT2D eigenvalue weighted by molar-refractivity contribution is -0.136. The molecule has 0 radical (unpaired) electrons. The second kappa shape index (κ2) is 8.95. The predicted molar refractivity (Wildman–Crippen MR) is 127 cm³/mol. The van der Waals surface area contributed by atoms with E-state index in [1.165, 1.54) is 22.7 Å². The molecule has 1 saturated heterocycles. The molecule has 4 heterocycles. The molecule has 2 aliphatic heterocycles. The fourth-order valence-corrected chi connectivity index (χ4v) is 5.80. The Morgan fingerprint density at radius 3 is 2.91 bits per heavy atom. The van der Waals surface area contributed by atoms with Gasteiger partial charge >= 0.3 is 0 Å². The van der Waals surface area contributed by atoms with Gasteiger partial charge < -0.3 is 14.5 Å². The maximum atomic E-state index is 13.2. The van der Waals surface area contributed by atoms with Gasteiger partial charge in [0.25, 0.3) is 5.91 Å². The lowest BCUT2D eigenvalue weighted by Gasteiger charge is -2.28. The molecule has 1 fully saturated rings. The highest BCUT2D eigenvalue weighted by Gasteiger charge is 2.38. The highest BCUT2D eigenvalue weighted by molar-refractivity contribution is 7.16. The van der Waals surface area contributed by atoms with Crippen molar-refractivity contribution in [2.24, 2.45) is 5.92 Å². The third kappa shape index (κ3) is 4.36. The quantitative estimate of drug-likeness (QED) is 0.602. The summed E-state index contributed by atoms with van der Waals surface area (Å²) in [4.78, 5) is 47.8. The summed E-state index contributed by atoms with van der Waals surface area (Å²) >= 11 is 2.78. The minimum atomic E-state index is -0.379. The van der Waals surface area contributed by atoms with Crippen molar-refractivity contribution in [3.8, 4) is 5.75 Å². The van der Waals surface area contributed by atoms with Gasteiger partial charge in [-0.3, -0.25) is 19.7 Å². The Morgan fingerprint density at radius 2 is 2.12 bits per heavy atom. The molecule has 33 heavy (non-hydrogen) atoms. The molecule has 3 amide bonds. The third-order valence-electron chi connectivity index (χ3n) is 5.85. The summed E-state index contributed by atoms with van der Waals surface area (Å²) in [6.07, 6.45) is 0.830. The van der Waals surface area contributed by atoms with Crippen LogP contribution >= 0.6 is 22.7 Å². The molecule has 1 aromatic carbocycles. The van der Waals surface area contributed by atoms with E-state index < -0.39 is 0 Å². The van der Waals surface area contributed by atoms with Crippen molar-refractivity contribution in [1.82, 2.24) is 9.88 Å². The van der Waals surface area contributed by atoms with Crippen molar-refractivity contribution in [3.63, 3.8) is 0 Å². The lowest BCUT2D eigenvalue weighted by Crippen LogP contribution is -2.40. The Kier molecular flexibility index (Phi) is 5.86. The van der Waals surface area contributed by atoms with Crippen molar-refractivity contribution in [1.29, 1.82) is 0 Å². The highest BCUT2D eigenvalue weighted by Crippen LogP contribution is 2.32. The maximum Gasteiger partial charge on any atom is 0.267 e. The zero-order valence-electron chi connectivity index (χ0n) is 17.9. The van der Waals surface area contributed by atoms with Gasteiger partial charge in [0, 0.05) is 42.6 Å². The fraction of sp³-hybridized carbons (Fsp3) is 0.304. The number of nitrogens with one attached hydrogen (secondary N) is 1. The number of hydrogen-bond acceptors (Lipinski definition) is 7. The third-order valence-corrected chi connectivity index (χ3v) is 7.71. The summed E-state index contributed by atoms with van der Waals surface area (Å²) in [6.45, 7) is 1.36. The largest absolute Gasteiger partial charge is 0.497 e. The number of thiophene rings is 1. The molecule has 3 aromatic rings. The molecule has 0 saturated carbocycles. The van der Waals surface area contributed by atoms with E-state index in [-0.39, 0.29) is 30.1 Å². The first-order valence-electron chi connectivity index (χ1n) is 10.6. The van der Waals surface area contributed by atoms with E-state index in [0.717, 1.165) is 16.3 Å². The van der Waals surface area contributed by atoms with Crippen LogP contribution < -0.4 is 15.0 Å². The van der Waals surface area contributed by atoms with Gasteiger partial charge in [-0.25, -0.2) is 4.98 Å². The summed E-state index contributed by atoms with van der Waals surface area (Å²) in [7, 11) is 1.58. The first-order chi connectivity index (χ1) is 16.0. The molecule has 2 aromatic heterocycles. The summed E-state index contributed by atoms with van der Waals surface area (Å²) in [6, 6.07) is 10.9. The Balaban J connectivity index is 1.24. The topological polar surface area (TPSA) is 91.8 Å². The number of carbonyl (C=O) groups excluding carboxylic acids is 3. The van der Waals surface area contributed by atoms with Crippen molar-refractivity contribution < 1.29 is 19.1 Å². The molecule has 8 nitrogen and oxygen atoms in total.